The van der Waals surface area contributed by atoms with Gasteiger partial charge in [-0.3, -0.25) is 14.6 Å². The Morgan fingerprint density at radius 1 is 1.09 bits per heavy atom. The first kappa shape index (κ1) is 21.5. The van der Waals surface area contributed by atoms with Crippen molar-refractivity contribution in [2.24, 2.45) is 5.73 Å². The van der Waals surface area contributed by atoms with Gasteiger partial charge in [-0.25, -0.2) is 0 Å². The number of amides is 2. The van der Waals surface area contributed by atoms with E-state index in [0.717, 1.165) is 16.7 Å². The molecule has 0 aliphatic carbocycles. The minimum atomic E-state index is -1.31. The monoisotopic (exact) mass is 431 g/mol. The molecule has 7 nitrogen and oxygen atoms in total. The lowest BCUT2D eigenvalue weighted by molar-refractivity contribution is -0.153. The fraction of sp³-hybridized carbons (Fsp3) is 0.240. The average molecular weight is 431 g/mol. The van der Waals surface area contributed by atoms with Crippen LogP contribution in [0.25, 0.3) is 11.1 Å². The number of nitrogens with two attached hydrogens (primary N) is 1. The number of pyridine rings is 1. The normalized spacial score (nSPS) is 18.2. The summed E-state index contributed by atoms with van der Waals surface area (Å²) >= 11 is 0. The van der Waals surface area contributed by atoms with Gasteiger partial charge in [0, 0.05) is 25.4 Å². The van der Waals surface area contributed by atoms with Crippen LogP contribution >= 0.6 is 0 Å². The molecule has 0 unspecified atom stereocenters. The highest BCUT2D eigenvalue weighted by Crippen LogP contribution is 2.28. The van der Waals surface area contributed by atoms with E-state index in [0.29, 0.717) is 17.9 Å². The number of rotatable bonds is 6. The zero-order valence-electron chi connectivity index (χ0n) is 17.9. The number of aromatic nitrogens is 1. The van der Waals surface area contributed by atoms with Gasteiger partial charge in [0.05, 0.1) is 25.8 Å². The highest BCUT2D eigenvalue weighted by Gasteiger charge is 2.44. The molecule has 2 N–H and O–H groups in total. The summed E-state index contributed by atoms with van der Waals surface area (Å²) in [5.74, 6) is -0.329. The van der Waals surface area contributed by atoms with Crippen molar-refractivity contribution in [3.05, 3.63) is 84.2 Å². The Morgan fingerprint density at radius 3 is 2.62 bits per heavy atom. The van der Waals surface area contributed by atoms with Crippen LogP contribution in [0.4, 0.5) is 0 Å². The Labute approximate surface area is 186 Å². The second-order valence-electron chi connectivity index (χ2n) is 7.75. The van der Waals surface area contributed by atoms with Crippen LogP contribution in [0, 0.1) is 0 Å². The van der Waals surface area contributed by atoms with Crippen LogP contribution in [0.15, 0.2) is 73.1 Å². The number of ether oxygens (including phenoxy) is 2. The molecule has 1 saturated heterocycles. The number of primary amides is 1. The van der Waals surface area contributed by atoms with Crippen molar-refractivity contribution in [3.63, 3.8) is 0 Å². The van der Waals surface area contributed by atoms with E-state index >= 15 is 0 Å². The van der Waals surface area contributed by atoms with Gasteiger partial charge in [0.15, 0.2) is 5.60 Å². The zero-order valence-corrected chi connectivity index (χ0v) is 17.9. The lowest BCUT2D eigenvalue weighted by Gasteiger charge is -2.41. The molecule has 2 aromatic carbocycles. The number of carbonyl (C=O) groups excluding carboxylic acids is 2. The number of nitrogens with zero attached hydrogens (tertiary/aromatic N) is 2. The summed E-state index contributed by atoms with van der Waals surface area (Å²) in [6.45, 7) is 0.648. The first-order valence-electron chi connectivity index (χ1n) is 10.4. The molecule has 4 rings (SSSR count). The Morgan fingerprint density at radius 2 is 1.88 bits per heavy atom. The molecule has 2 heterocycles. The molecule has 0 radical (unpaired) electrons. The van der Waals surface area contributed by atoms with Crippen LogP contribution < -0.4 is 10.5 Å². The third-order valence-electron chi connectivity index (χ3n) is 5.69. The lowest BCUT2D eigenvalue weighted by atomic mass is 9.90. The first-order valence-corrected chi connectivity index (χ1v) is 10.4. The summed E-state index contributed by atoms with van der Waals surface area (Å²) in [6.07, 6.45) is 3.73. The number of morpholine rings is 1. The van der Waals surface area contributed by atoms with E-state index in [1.54, 1.807) is 41.6 Å². The number of benzene rings is 2. The number of para-hydroxylation sites is 1. The average Bonchev–Trinajstić information content (AvgIpc) is 2.84. The van der Waals surface area contributed by atoms with Gasteiger partial charge in [-0.2, -0.15) is 0 Å². The van der Waals surface area contributed by atoms with Crippen molar-refractivity contribution < 1.29 is 19.1 Å². The van der Waals surface area contributed by atoms with Gasteiger partial charge in [0.2, 0.25) is 0 Å². The smallest absolute Gasteiger partial charge is 0.257 e. The maximum Gasteiger partial charge on any atom is 0.257 e. The summed E-state index contributed by atoms with van der Waals surface area (Å²) in [5.41, 5.74) is 7.86. The van der Waals surface area contributed by atoms with Crippen molar-refractivity contribution in [2.75, 3.05) is 26.8 Å². The predicted molar refractivity (Wildman–Crippen MR) is 120 cm³/mol. The zero-order chi connectivity index (χ0) is 22.6. The van der Waals surface area contributed by atoms with Crippen LogP contribution in [0.3, 0.4) is 0 Å². The maximum atomic E-state index is 13.2. The predicted octanol–water partition coefficient (Wildman–Crippen LogP) is 2.70. The molecule has 0 spiro atoms. The van der Waals surface area contributed by atoms with Crippen molar-refractivity contribution in [3.8, 4) is 16.9 Å². The van der Waals surface area contributed by atoms with Gasteiger partial charge < -0.3 is 20.1 Å². The van der Waals surface area contributed by atoms with Gasteiger partial charge in [-0.1, -0.05) is 36.4 Å². The van der Waals surface area contributed by atoms with Crippen LogP contribution in [0.5, 0.6) is 5.75 Å². The number of carbonyl (C=O) groups is 2. The van der Waals surface area contributed by atoms with Crippen LogP contribution in [-0.4, -0.2) is 54.1 Å². The molecule has 32 heavy (non-hydrogen) atoms. The van der Waals surface area contributed by atoms with Gasteiger partial charge in [0.25, 0.3) is 11.8 Å². The highest BCUT2D eigenvalue weighted by molar-refractivity contribution is 5.97. The molecule has 2 amide bonds. The first-order chi connectivity index (χ1) is 15.5. The lowest BCUT2D eigenvalue weighted by Crippen LogP contribution is -2.61. The third kappa shape index (κ3) is 4.33. The Bertz CT molecular complexity index is 1120. The van der Waals surface area contributed by atoms with E-state index in [2.05, 4.69) is 4.98 Å². The number of hydrogen-bond donors (Lipinski definition) is 1. The quantitative estimate of drug-likeness (QED) is 0.648. The molecule has 0 bridgehead atoms. The van der Waals surface area contributed by atoms with E-state index in [1.807, 2.05) is 36.4 Å². The van der Waals surface area contributed by atoms with E-state index in [4.69, 9.17) is 15.2 Å². The van der Waals surface area contributed by atoms with Crippen molar-refractivity contribution in [1.29, 1.82) is 0 Å². The molecular weight excluding hydrogens is 406 g/mol. The SMILES string of the molecule is COc1ccccc1C(=O)N1CCO[C@](Cc2cccc(-c3ccncc3)c2)(C(N)=O)C1. The van der Waals surface area contributed by atoms with E-state index in [1.165, 1.54) is 7.11 Å². The van der Waals surface area contributed by atoms with Crippen molar-refractivity contribution in [1.82, 2.24) is 9.88 Å². The number of methoxy groups -OCH3 is 1. The molecule has 1 fully saturated rings. The second-order valence-corrected chi connectivity index (χ2v) is 7.75. The van der Waals surface area contributed by atoms with Gasteiger partial charge in [0.1, 0.15) is 5.75 Å². The molecule has 164 valence electrons. The Kier molecular flexibility index (Phi) is 6.18. The minimum Gasteiger partial charge on any atom is -0.496 e. The molecule has 7 heteroatoms. The van der Waals surface area contributed by atoms with Crippen LogP contribution in [-0.2, 0) is 16.0 Å². The van der Waals surface area contributed by atoms with Gasteiger partial charge in [-0.05, 0) is 41.0 Å². The van der Waals surface area contributed by atoms with E-state index in [-0.39, 0.29) is 25.5 Å². The molecule has 1 aromatic heterocycles. The van der Waals surface area contributed by atoms with Crippen LogP contribution in [0.2, 0.25) is 0 Å². The van der Waals surface area contributed by atoms with Crippen molar-refractivity contribution in [2.45, 2.75) is 12.0 Å². The van der Waals surface area contributed by atoms with Gasteiger partial charge in [-0.15, -0.1) is 0 Å². The molecule has 3 aromatic rings. The Hall–Kier alpha value is -3.71. The van der Waals surface area contributed by atoms with Crippen molar-refractivity contribution >= 4 is 11.8 Å². The summed E-state index contributed by atoms with van der Waals surface area (Å²) in [7, 11) is 1.52. The Balaban J connectivity index is 1.60. The largest absolute Gasteiger partial charge is 0.496 e. The number of hydrogen-bond acceptors (Lipinski definition) is 5. The van der Waals surface area contributed by atoms with E-state index in [9.17, 15) is 9.59 Å². The molecular formula is C25H25N3O4. The topological polar surface area (TPSA) is 94.8 Å². The summed E-state index contributed by atoms with van der Waals surface area (Å²) in [6, 6.07) is 18.7. The minimum absolute atomic E-state index is 0.0682. The standard InChI is InChI=1S/C25H25N3O4/c1-31-22-8-3-2-7-21(22)23(29)28-13-14-32-25(17-28,24(26)30)16-18-5-4-6-20(15-18)19-9-11-27-12-10-19/h2-12,15H,13-14,16-17H2,1H3,(H2,26,30)/t25-/m0/s1. The summed E-state index contributed by atoms with van der Waals surface area (Å²) < 4.78 is 11.3. The maximum absolute atomic E-state index is 13.2. The van der Waals surface area contributed by atoms with Gasteiger partial charge >= 0.3 is 0 Å². The molecule has 1 atom stereocenters. The second kappa shape index (κ2) is 9.20. The fourth-order valence-corrected chi connectivity index (χ4v) is 4.03. The van der Waals surface area contributed by atoms with E-state index < -0.39 is 11.5 Å². The molecule has 0 saturated carbocycles. The third-order valence-corrected chi connectivity index (χ3v) is 5.69. The summed E-state index contributed by atoms with van der Waals surface area (Å²) in [4.78, 5) is 31.5. The molecule has 1 aliphatic heterocycles. The van der Waals surface area contributed by atoms with Crippen LogP contribution in [0.1, 0.15) is 15.9 Å². The fourth-order valence-electron chi connectivity index (χ4n) is 4.03. The summed E-state index contributed by atoms with van der Waals surface area (Å²) in [5, 5.41) is 0. The highest BCUT2D eigenvalue weighted by atomic mass is 16.5. The molecule has 1 aliphatic rings.